The van der Waals surface area contributed by atoms with Gasteiger partial charge in [0.15, 0.2) is 0 Å². The minimum atomic E-state index is 0.0133. The zero-order valence-electron chi connectivity index (χ0n) is 12.5. The summed E-state index contributed by atoms with van der Waals surface area (Å²) in [6.07, 6.45) is 0.413. The summed E-state index contributed by atoms with van der Waals surface area (Å²) in [6.45, 7) is 7.97. The molecule has 1 amide bonds. The number of para-hydroxylation sites is 1. The molecule has 1 aromatic carbocycles. The molecule has 0 saturated heterocycles. The van der Waals surface area contributed by atoms with Gasteiger partial charge in [0.05, 0.1) is 11.7 Å². The SMILES string of the molecule is Cc1cc(C)n(C(C)CC(=O)Nc2ccccc2C)n1. The summed E-state index contributed by atoms with van der Waals surface area (Å²) >= 11 is 0. The minimum Gasteiger partial charge on any atom is -0.326 e. The second-order valence-electron chi connectivity index (χ2n) is 5.29. The van der Waals surface area contributed by atoms with Crippen LogP contribution in [0, 0.1) is 20.8 Å². The van der Waals surface area contributed by atoms with Gasteiger partial charge in [-0.1, -0.05) is 18.2 Å². The van der Waals surface area contributed by atoms with Gasteiger partial charge >= 0.3 is 0 Å². The lowest BCUT2D eigenvalue weighted by Crippen LogP contribution is -2.19. The molecule has 0 aliphatic heterocycles. The third-order valence-electron chi connectivity index (χ3n) is 3.36. The number of benzene rings is 1. The lowest BCUT2D eigenvalue weighted by Gasteiger charge is -2.15. The van der Waals surface area contributed by atoms with E-state index in [1.54, 1.807) is 0 Å². The Morgan fingerprint density at radius 3 is 2.60 bits per heavy atom. The molecule has 4 nitrogen and oxygen atoms in total. The first-order chi connectivity index (χ1) is 9.47. The number of hydrogen-bond donors (Lipinski definition) is 1. The number of rotatable bonds is 4. The monoisotopic (exact) mass is 271 g/mol. The molecule has 1 N–H and O–H groups in total. The van der Waals surface area contributed by atoms with Crippen LogP contribution in [0.5, 0.6) is 0 Å². The Morgan fingerprint density at radius 1 is 1.30 bits per heavy atom. The number of amides is 1. The number of anilines is 1. The molecular weight excluding hydrogens is 250 g/mol. The third-order valence-corrected chi connectivity index (χ3v) is 3.36. The van der Waals surface area contributed by atoms with Crippen LogP contribution in [0.4, 0.5) is 5.69 Å². The minimum absolute atomic E-state index is 0.0133. The number of aryl methyl sites for hydroxylation is 3. The van der Waals surface area contributed by atoms with E-state index in [1.807, 2.05) is 62.7 Å². The predicted molar refractivity (Wildman–Crippen MR) is 80.8 cm³/mol. The molecule has 106 valence electrons. The van der Waals surface area contributed by atoms with Gasteiger partial charge in [0.2, 0.25) is 5.91 Å². The maximum absolute atomic E-state index is 12.1. The van der Waals surface area contributed by atoms with Gasteiger partial charge in [-0.2, -0.15) is 5.10 Å². The van der Waals surface area contributed by atoms with Crippen LogP contribution in [-0.4, -0.2) is 15.7 Å². The summed E-state index contributed by atoms with van der Waals surface area (Å²) < 4.78 is 1.91. The molecule has 1 atom stereocenters. The molecule has 0 aliphatic rings. The van der Waals surface area contributed by atoms with Gasteiger partial charge in [-0.05, 0) is 45.4 Å². The van der Waals surface area contributed by atoms with Gasteiger partial charge in [-0.25, -0.2) is 0 Å². The van der Waals surface area contributed by atoms with Gasteiger partial charge < -0.3 is 5.32 Å². The topological polar surface area (TPSA) is 46.9 Å². The first-order valence-electron chi connectivity index (χ1n) is 6.85. The second-order valence-corrected chi connectivity index (χ2v) is 5.29. The molecule has 1 aromatic heterocycles. The number of nitrogens with zero attached hydrogens (tertiary/aromatic N) is 2. The summed E-state index contributed by atoms with van der Waals surface area (Å²) in [6, 6.07) is 9.86. The van der Waals surface area contributed by atoms with Crippen molar-refractivity contribution in [3.8, 4) is 0 Å². The normalized spacial score (nSPS) is 12.2. The van der Waals surface area contributed by atoms with E-state index in [4.69, 9.17) is 0 Å². The number of carbonyl (C=O) groups excluding carboxylic acids is 1. The third kappa shape index (κ3) is 3.26. The van der Waals surface area contributed by atoms with Crippen LogP contribution >= 0.6 is 0 Å². The molecular formula is C16H21N3O. The Hall–Kier alpha value is -2.10. The molecule has 0 fully saturated rings. The first kappa shape index (κ1) is 14.3. The van der Waals surface area contributed by atoms with Crippen molar-refractivity contribution in [1.29, 1.82) is 0 Å². The summed E-state index contributed by atoms with van der Waals surface area (Å²) in [5, 5.41) is 7.38. The fourth-order valence-electron chi connectivity index (χ4n) is 2.36. The lowest BCUT2D eigenvalue weighted by molar-refractivity contribution is -0.116. The Morgan fingerprint density at radius 2 is 2.00 bits per heavy atom. The average molecular weight is 271 g/mol. The number of aromatic nitrogens is 2. The van der Waals surface area contributed by atoms with Gasteiger partial charge in [-0.15, -0.1) is 0 Å². The van der Waals surface area contributed by atoms with Crippen LogP contribution in [0.25, 0.3) is 0 Å². The summed E-state index contributed by atoms with van der Waals surface area (Å²) in [5.74, 6) is 0.0133. The number of hydrogen-bond acceptors (Lipinski definition) is 2. The quantitative estimate of drug-likeness (QED) is 0.926. The molecule has 1 unspecified atom stereocenters. The molecule has 20 heavy (non-hydrogen) atoms. The van der Waals surface area contributed by atoms with E-state index in [9.17, 15) is 4.79 Å². The van der Waals surface area contributed by atoms with Gasteiger partial charge in [0, 0.05) is 17.8 Å². The van der Waals surface area contributed by atoms with Crippen molar-refractivity contribution in [2.75, 3.05) is 5.32 Å². The molecule has 0 aliphatic carbocycles. The second kappa shape index (κ2) is 5.90. The molecule has 1 heterocycles. The van der Waals surface area contributed by atoms with Gasteiger partial charge in [0.25, 0.3) is 0 Å². The van der Waals surface area contributed by atoms with E-state index in [-0.39, 0.29) is 11.9 Å². The van der Waals surface area contributed by atoms with Crippen molar-refractivity contribution < 1.29 is 4.79 Å². The summed E-state index contributed by atoms with van der Waals surface area (Å²) in [4.78, 5) is 12.1. The van der Waals surface area contributed by atoms with Gasteiger partial charge in [0.1, 0.15) is 0 Å². The van der Waals surface area contributed by atoms with E-state index in [0.29, 0.717) is 6.42 Å². The number of nitrogens with one attached hydrogen (secondary N) is 1. The van der Waals surface area contributed by atoms with E-state index in [1.165, 1.54) is 0 Å². The standard InChI is InChI=1S/C16H21N3O/c1-11-7-5-6-8-15(11)17-16(20)10-14(4)19-13(3)9-12(2)18-19/h5-9,14H,10H2,1-4H3,(H,17,20). The van der Waals surface area contributed by atoms with Crippen LogP contribution in [0.15, 0.2) is 30.3 Å². The average Bonchev–Trinajstić information content (AvgIpc) is 2.71. The molecule has 2 rings (SSSR count). The molecule has 0 saturated carbocycles. The highest BCUT2D eigenvalue weighted by Gasteiger charge is 2.14. The highest BCUT2D eigenvalue weighted by molar-refractivity contribution is 5.91. The fourth-order valence-corrected chi connectivity index (χ4v) is 2.36. The maximum atomic E-state index is 12.1. The van der Waals surface area contributed by atoms with Gasteiger partial charge in [-0.3, -0.25) is 9.48 Å². The van der Waals surface area contributed by atoms with E-state index in [0.717, 1.165) is 22.6 Å². The molecule has 0 bridgehead atoms. The summed E-state index contributed by atoms with van der Waals surface area (Å²) in [5.41, 5.74) is 4.00. The fraction of sp³-hybridized carbons (Fsp3) is 0.375. The smallest absolute Gasteiger partial charge is 0.226 e. The molecule has 2 aromatic rings. The largest absolute Gasteiger partial charge is 0.326 e. The Kier molecular flexibility index (Phi) is 4.23. The van der Waals surface area contributed by atoms with Crippen molar-refractivity contribution in [2.24, 2.45) is 0 Å². The highest BCUT2D eigenvalue weighted by atomic mass is 16.1. The Labute approximate surface area is 119 Å². The maximum Gasteiger partial charge on any atom is 0.226 e. The van der Waals surface area contributed by atoms with Crippen LogP contribution < -0.4 is 5.32 Å². The Bertz CT molecular complexity index is 616. The lowest BCUT2D eigenvalue weighted by atomic mass is 10.2. The van der Waals surface area contributed by atoms with Crippen LogP contribution in [-0.2, 0) is 4.79 Å². The molecule has 4 heteroatoms. The van der Waals surface area contributed by atoms with E-state index >= 15 is 0 Å². The van der Waals surface area contributed by atoms with Crippen molar-refractivity contribution in [3.05, 3.63) is 47.3 Å². The van der Waals surface area contributed by atoms with E-state index < -0.39 is 0 Å². The van der Waals surface area contributed by atoms with Crippen LogP contribution in [0.2, 0.25) is 0 Å². The van der Waals surface area contributed by atoms with Crippen molar-refractivity contribution in [1.82, 2.24) is 9.78 Å². The van der Waals surface area contributed by atoms with Crippen molar-refractivity contribution in [3.63, 3.8) is 0 Å². The first-order valence-corrected chi connectivity index (χ1v) is 6.85. The molecule has 0 spiro atoms. The van der Waals surface area contributed by atoms with E-state index in [2.05, 4.69) is 10.4 Å². The number of carbonyl (C=O) groups is 1. The van der Waals surface area contributed by atoms with Crippen LogP contribution in [0.1, 0.15) is 36.3 Å². The van der Waals surface area contributed by atoms with Crippen molar-refractivity contribution in [2.45, 2.75) is 40.2 Å². The Balaban J connectivity index is 2.01. The molecule has 0 radical (unpaired) electrons. The predicted octanol–water partition coefficient (Wildman–Crippen LogP) is 3.40. The highest BCUT2D eigenvalue weighted by Crippen LogP contribution is 2.17. The van der Waals surface area contributed by atoms with Crippen molar-refractivity contribution >= 4 is 11.6 Å². The zero-order valence-corrected chi connectivity index (χ0v) is 12.5. The van der Waals surface area contributed by atoms with Crippen LogP contribution in [0.3, 0.4) is 0 Å². The summed E-state index contributed by atoms with van der Waals surface area (Å²) in [7, 11) is 0. The zero-order chi connectivity index (χ0) is 14.7.